The van der Waals surface area contributed by atoms with Gasteiger partial charge >= 0.3 is 13.8 Å². The van der Waals surface area contributed by atoms with Crippen LogP contribution in [0.3, 0.4) is 0 Å². The number of unbranched alkanes of at least 4 members (excludes halogenated alkanes) is 23. The molecule has 378 valence electrons. The van der Waals surface area contributed by atoms with Crippen molar-refractivity contribution >= 4 is 19.7 Å². The van der Waals surface area contributed by atoms with E-state index in [0.29, 0.717) is 23.9 Å². The van der Waals surface area contributed by atoms with Crippen LogP contribution in [0.15, 0.2) is 60.8 Å². The van der Waals surface area contributed by atoms with Gasteiger partial charge in [0.25, 0.3) is 0 Å². The lowest BCUT2D eigenvalue weighted by molar-refractivity contribution is -0.870. The Morgan fingerprint density at radius 1 is 0.554 bits per heavy atom. The van der Waals surface area contributed by atoms with Crippen LogP contribution in [-0.2, 0) is 27.9 Å². The number of amides is 1. The smallest absolute Gasteiger partial charge is 0.456 e. The van der Waals surface area contributed by atoms with Crippen LogP contribution in [0.25, 0.3) is 0 Å². The highest BCUT2D eigenvalue weighted by atomic mass is 31.2. The second kappa shape index (κ2) is 45.5. The third-order valence-electron chi connectivity index (χ3n) is 11.4. The van der Waals surface area contributed by atoms with Crippen LogP contribution >= 0.6 is 7.82 Å². The number of carbonyl (C=O) groups excluding carboxylic acids is 2. The molecule has 0 rings (SSSR count). The average Bonchev–Trinajstić information content (AvgIpc) is 3.26. The van der Waals surface area contributed by atoms with Gasteiger partial charge in [-0.2, -0.15) is 0 Å². The average molecular weight is 934 g/mol. The van der Waals surface area contributed by atoms with Crippen LogP contribution in [0.4, 0.5) is 0 Å². The summed E-state index contributed by atoms with van der Waals surface area (Å²) in [5.74, 6) is -0.553. The van der Waals surface area contributed by atoms with Gasteiger partial charge < -0.3 is 19.4 Å². The third-order valence-corrected chi connectivity index (χ3v) is 12.4. The second-order valence-corrected chi connectivity index (χ2v) is 20.5. The van der Waals surface area contributed by atoms with E-state index in [-0.39, 0.29) is 31.5 Å². The molecule has 0 aromatic heterocycles. The summed E-state index contributed by atoms with van der Waals surface area (Å²) in [6, 6.07) is -0.864. The quantitative estimate of drug-likeness (QED) is 0.0206. The van der Waals surface area contributed by atoms with E-state index in [9.17, 15) is 19.0 Å². The van der Waals surface area contributed by atoms with Crippen molar-refractivity contribution in [2.45, 2.75) is 238 Å². The van der Waals surface area contributed by atoms with E-state index in [1.807, 2.05) is 33.3 Å². The summed E-state index contributed by atoms with van der Waals surface area (Å²) in [5, 5.41) is 3.02. The normalized spacial score (nSPS) is 14.4. The summed E-state index contributed by atoms with van der Waals surface area (Å²) in [6.07, 6.45) is 55.0. The Bertz CT molecular complexity index is 1300. The molecule has 0 fully saturated rings. The molecule has 0 aliphatic rings. The molecule has 0 spiro atoms. The standard InChI is InChI=1S/C55H101N2O7P/c1-7-10-13-16-19-22-25-27-29-32-35-38-41-44-47-54(58)56-52(51-63-65(60,61)62-50-49-57(4,5)6)53(46-43-40-37-34-31-24-21-18-15-12-9-3)64-55(59)48-45-42-39-36-33-30-28-26-23-20-17-14-11-8-2/h11,14,20,23,28-30,32,43,46,52-53H,7-10,12-13,15-19,21-22,24-27,31,33-42,44-45,47-51H2,1-6H3,(H-,56,58,60,61)/p+1/b14-11+,23-20+,30-28+,32-29-,46-43+. The van der Waals surface area contributed by atoms with Gasteiger partial charge in [-0.3, -0.25) is 18.6 Å². The Morgan fingerprint density at radius 3 is 1.51 bits per heavy atom. The van der Waals surface area contributed by atoms with Crippen molar-refractivity contribution in [2.24, 2.45) is 0 Å². The summed E-state index contributed by atoms with van der Waals surface area (Å²) < 4.78 is 30.5. The highest BCUT2D eigenvalue weighted by Crippen LogP contribution is 2.43. The molecule has 9 nitrogen and oxygen atoms in total. The summed E-state index contributed by atoms with van der Waals surface area (Å²) in [4.78, 5) is 37.4. The lowest BCUT2D eigenvalue weighted by atomic mass is 10.1. The van der Waals surface area contributed by atoms with E-state index in [0.717, 1.165) is 96.3 Å². The fourth-order valence-electron chi connectivity index (χ4n) is 7.30. The summed E-state index contributed by atoms with van der Waals surface area (Å²) in [7, 11) is 1.47. The number of phosphoric acid groups is 1. The number of ether oxygens (including phenoxy) is 1. The molecule has 1 amide bonds. The predicted molar refractivity (Wildman–Crippen MR) is 277 cm³/mol. The van der Waals surface area contributed by atoms with Gasteiger partial charge in [-0.15, -0.1) is 0 Å². The summed E-state index contributed by atoms with van der Waals surface area (Å²) in [6.45, 7) is 6.84. The molecular weight excluding hydrogens is 832 g/mol. The van der Waals surface area contributed by atoms with Gasteiger partial charge in [0.05, 0.1) is 33.8 Å². The number of nitrogens with zero attached hydrogens (tertiary/aromatic N) is 1. The maximum Gasteiger partial charge on any atom is 0.472 e. The lowest BCUT2D eigenvalue weighted by Crippen LogP contribution is -2.47. The van der Waals surface area contributed by atoms with Crippen LogP contribution in [0.2, 0.25) is 0 Å². The Kier molecular flexibility index (Phi) is 43.9. The maximum atomic E-state index is 13.4. The minimum Gasteiger partial charge on any atom is -0.456 e. The number of likely N-dealkylation sites (N-methyl/N-ethyl adjacent to an activating group) is 1. The van der Waals surface area contributed by atoms with Gasteiger partial charge in [0, 0.05) is 12.8 Å². The topological polar surface area (TPSA) is 111 Å². The van der Waals surface area contributed by atoms with Crippen molar-refractivity contribution in [1.29, 1.82) is 0 Å². The van der Waals surface area contributed by atoms with Crippen molar-refractivity contribution < 1.29 is 37.3 Å². The molecule has 0 radical (unpaired) electrons. The van der Waals surface area contributed by atoms with E-state index in [2.05, 4.69) is 74.7 Å². The van der Waals surface area contributed by atoms with Crippen LogP contribution in [-0.4, -0.2) is 74.3 Å². The molecule has 0 aliphatic heterocycles. The van der Waals surface area contributed by atoms with Crippen molar-refractivity contribution in [2.75, 3.05) is 40.9 Å². The first-order chi connectivity index (χ1) is 31.4. The van der Waals surface area contributed by atoms with Crippen molar-refractivity contribution in [3.63, 3.8) is 0 Å². The Labute approximate surface area is 401 Å². The van der Waals surface area contributed by atoms with Gasteiger partial charge in [-0.05, 0) is 89.5 Å². The maximum absolute atomic E-state index is 13.4. The molecule has 65 heavy (non-hydrogen) atoms. The van der Waals surface area contributed by atoms with Gasteiger partial charge in [-0.1, -0.05) is 185 Å². The van der Waals surface area contributed by atoms with E-state index < -0.39 is 20.0 Å². The molecule has 10 heteroatoms. The van der Waals surface area contributed by atoms with E-state index in [1.165, 1.54) is 89.9 Å². The first-order valence-corrected chi connectivity index (χ1v) is 28.1. The van der Waals surface area contributed by atoms with Gasteiger partial charge in [0.2, 0.25) is 5.91 Å². The highest BCUT2D eigenvalue weighted by molar-refractivity contribution is 7.47. The number of esters is 1. The Balaban J connectivity index is 5.46. The highest BCUT2D eigenvalue weighted by Gasteiger charge is 2.30. The number of hydrogen-bond acceptors (Lipinski definition) is 6. The molecule has 0 heterocycles. The predicted octanol–water partition coefficient (Wildman–Crippen LogP) is 15.5. The van der Waals surface area contributed by atoms with Gasteiger partial charge in [0.15, 0.2) is 0 Å². The monoisotopic (exact) mass is 934 g/mol. The van der Waals surface area contributed by atoms with Crippen LogP contribution in [0, 0.1) is 0 Å². The molecule has 0 aromatic carbocycles. The van der Waals surface area contributed by atoms with Gasteiger partial charge in [0.1, 0.15) is 19.3 Å². The molecule has 3 atom stereocenters. The van der Waals surface area contributed by atoms with Gasteiger partial charge in [-0.25, -0.2) is 4.57 Å². The zero-order valence-electron chi connectivity index (χ0n) is 43.0. The van der Waals surface area contributed by atoms with Crippen LogP contribution in [0.1, 0.15) is 226 Å². The first-order valence-electron chi connectivity index (χ1n) is 26.6. The number of rotatable bonds is 47. The zero-order chi connectivity index (χ0) is 48.0. The van der Waals surface area contributed by atoms with E-state index in [1.54, 1.807) is 0 Å². The first kappa shape index (κ1) is 62.7. The minimum absolute atomic E-state index is 0.0322. The van der Waals surface area contributed by atoms with E-state index >= 15 is 0 Å². The van der Waals surface area contributed by atoms with Crippen molar-refractivity contribution in [3.8, 4) is 0 Å². The fraction of sp³-hybridized carbons (Fsp3) is 0.782. The molecule has 0 saturated heterocycles. The van der Waals surface area contributed by atoms with Crippen molar-refractivity contribution in [3.05, 3.63) is 60.8 Å². The number of phosphoric ester groups is 1. The molecule has 0 aliphatic carbocycles. The number of carbonyl (C=O) groups is 2. The Morgan fingerprint density at radius 2 is 0.985 bits per heavy atom. The van der Waals surface area contributed by atoms with E-state index in [4.69, 9.17) is 13.8 Å². The third kappa shape index (κ3) is 46.6. The summed E-state index contributed by atoms with van der Waals surface area (Å²) in [5.41, 5.74) is 0. The van der Waals surface area contributed by atoms with Crippen molar-refractivity contribution in [1.82, 2.24) is 5.32 Å². The summed E-state index contributed by atoms with van der Waals surface area (Å²) >= 11 is 0. The molecule has 0 bridgehead atoms. The minimum atomic E-state index is -4.45. The largest absolute Gasteiger partial charge is 0.472 e. The zero-order valence-corrected chi connectivity index (χ0v) is 43.9. The number of quaternary nitrogens is 1. The molecule has 0 aromatic rings. The SMILES string of the molecule is CC/C=C/C/C=C/C/C=C/CCCCCCC(=O)OC(/C=C/CCCCCCCCCCC)C(COP(=O)(O)OCC[N+](C)(C)C)NC(=O)CCCCC/C=C\CCCCCCCCC. The second-order valence-electron chi connectivity index (χ2n) is 19.0. The molecule has 0 saturated carbocycles. The molecule has 3 unspecified atom stereocenters. The Hall–Kier alpha value is -2.29. The number of allylic oxidation sites excluding steroid dienone is 9. The fourth-order valence-corrected chi connectivity index (χ4v) is 8.04. The molecular formula is C55H102N2O7P+. The number of nitrogens with one attached hydrogen (secondary N) is 1. The number of hydrogen-bond donors (Lipinski definition) is 2. The van der Waals surface area contributed by atoms with Crippen LogP contribution in [0.5, 0.6) is 0 Å². The lowest BCUT2D eigenvalue weighted by Gasteiger charge is -2.27. The van der Waals surface area contributed by atoms with Crippen LogP contribution < -0.4 is 5.32 Å². The molecule has 2 N–H and O–H groups in total.